The Labute approximate surface area is 115 Å². The third kappa shape index (κ3) is 2.28. The van der Waals surface area contributed by atoms with E-state index in [4.69, 9.17) is 0 Å². The van der Waals surface area contributed by atoms with Crippen LogP contribution >= 0.6 is 11.3 Å². The van der Waals surface area contributed by atoms with Crippen LogP contribution in [0.2, 0.25) is 0 Å². The van der Waals surface area contributed by atoms with Crippen molar-refractivity contribution in [2.75, 3.05) is 5.32 Å². The summed E-state index contributed by atoms with van der Waals surface area (Å²) in [4.78, 5) is 18.1. The maximum atomic E-state index is 12.2. The van der Waals surface area contributed by atoms with E-state index in [1.807, 2.05) is 6.92 Å². The molecule has 0 aromatic carbocycles. The average Bonchev–Trinajstić information content (AvgIpc) is 2.92. The van der Waals surface area contributed by atoms with Gasteiger partial charge in [-0.2, -0.15) is 5.10 Å². The number of hydrogen-bond donors (Lipinski definition) is 1. The molecule has 2 aromatic rings. The van der Waals surface area contributed by atoms with E-state index in [1.165, 1.54) is 17.7 Å². The second-order valence-electron chi connectivity index (χ2n) is 4.85. The molecule has 0 atom stereocenters. The van der Waals surface area contributed by atoms with E-state index in [0.29, 0.717) is 10.8 Å². The predicted molar refractivity (Wildman–Crippen MR) is 74.7 cm³/mol. The van der Waals surface area contributed by atoms with Crippen molar-refractivity contribution >= 4 is 22.4 Å². The van der Waals surface area contributed by atoms with Gasteiger partial charge in [0, 0.05) is 11.9 Å². The van der Waals surface area contributed by atoms with Crippen molar-refractivity contribution in [2.24, 2.45) is 7.05 Å². The minimum Gasteiger partial charge on any atom is -0.296 e. The largest absolute Gasteiger partial charge is 0.296 e. The Balaban J connectivity index is 1.82. The van der Waals surface area contributed by atoms with Gasteiger partial charge in [-0.05, 0) is 38.2 Å². The summed E-state index contributed by atoms with van der Waals surface area (Å²) in [5.74, 6) is -0.136. The van der Waals surface area contributed by atoms with E-state index < -0.39 is 0 Å². The Hall–Kier alpha value is -1.69. The maximum Gasteiger partial charge on any atom is 0.275 e. The molecule has 0 aliphatic heterocycles. The van der Waals surface area contributed by atoms with Crippen molar-refractivity contribution in [1.82, 2.24) is 14.8 Å². The minimum atomic E-state index is -0.136. The predicted octanol–water partition coefficient (Wildman–Crippen LogP) is 2.32. The van der Waals surface area contributed by atoms with Crippen LogP contribution < -0.4 is 5.32 Å². The van der Waals surface area contributed by atoms with E-state index >= 15 is 0 Å². The number of nitrogens with zero attached hydrogens (tertiary/aromatic N) is 3. The molecule has 1 aliphatic rings. The number of nitrogens with one attached hydrogen (secondary N) is 1. The van der Waals surface area contributed by atoms with Crippen LogP contribution in [0.4, 0.5) is 5.13 Å². The molecule has 2 aromatic heterocycles. The highest BCUT2D eigenvalue weighted by molar-refractivity contribution is 7.15. The number of thiazole rings is 1. The molecule has 0 radical (unpaired) electrons. The summed E-state index contributed by atoms with van der Waals surface area (Å²) >= 11 is 1.60. The molecule has 100 valence electrons. The lowest BCUT2D eigenvalue weighted by Gasteiger charge is -2.06. The highest BCUT2D eigenvalue weighted by Crippen LogP contribution is 2.29. The molecule has 0 unspecified atom stereocenters. The first-order valence-electron chi connectivity index (χ1n) is 6.43. The first kappa shape index (κ1) is 12.3. The Bertz CT molecular complexity index is 586. The van der Waals surface area contributed by atoms with Gasteiger partial charge in [0.2, 0.25) is 0 Å². The van der Waals surface area contributed by atoms with Gasteiger partial charge in [-0.1, -0.05) is 0 Å². The van der Waals surface area contributed by atoms with E-state index in [0.717, 1.165) is 24.1 Å². The highest BCUT2D eigenvalue weighted by atomic mass is 32.1. The number of carbonyl (C=O) groups excluding carboxylic acids is 1. The van der Waals surface area contributed by atoms with Crippen LogP contribution in [0.25, 0.3) is 0 Å². The van der Waals surface area contributed by atoms with Crippen LogP contribution in [-0.2, 0) is 19.9 Å². The zero-order valence-electron chi connectivity index (χ0n) is 11.1. The smallest absolute Gasteiger partial charge is 0.275 e. The number of fused-ring (bicyclic) bond motifs is 1. The third-order valence-electron chi connectivity index (χ3n) is 3.40. The van der Waals surface area contributed by atoms with Crippen molar-refractivity contribution in [3.05, 3.63) is 28.0 Å². The van der Waals surface area contributed by atoms with Gasteiger partial charge in [-0.3, -0.25) is 14.8 Å². The van der Waals surface area contributed by atoms with Crippen LogP contribution in [0.15, 0.2) is 6.20 Å². The van der Waals surface area contributed by atoms with Gasteiger partial charge in [-0.25, -0.2) is 4.98 Å². The van der Waals surface area contributed by atoms with Gasteiger partial charge in [0.1, 0.15) is 5.69 Å². The molecule has 0 spiro atoms. The molecule has 3 rings (SSSR count). The summed E-state index contributed by atoms with van der Waals surface area (Å²) < 4.78 is 1.60. The second-order valence-corrected chi connectivity index (χ2v) is 5.93. The molecule has 0 fully saturated rings. The quantitative estimate of drug-likeness (QED) is 0.915. The Morgan fingerprint density at radius 2 is 2.21 bits per heavy atom. The van der Waals surface area contributed by atoms with Crippen LogP contribution in [0, 0.1) is 6.92 Å². The fourth-order valence-corrected chi connectivity index (χ4v) is 3.48. The average molecular weight is 276 g/mol. The maximum absolute atomic E-state index is 12.2. The molecule has 1 aliphatic carbocycles. The van der Waals surface area contributed by atoms with E-state index in [9.17, 15) is 4.79 Å². The molecule has 0 bridgehead atoms. The standard InChI is InChI=1S/C13H16N4OS/c1-8-7-14-17(2)11(8)12(18)16-13-15-9-5-3-4-6-10(9)19-13/h7H,3-6H2,1-2H3,(H,15,16,18). The summed E-state index contributed by atoms with van der Waals surface area (Å²) in [6.07, 6.45) is 6.25. The molecule has 19 heavy (non-hydrogen) atoms. The van der Waals surface area contributed by atoms with Gasteiger partial charge in [0.25, 0.3) is 5.91 Å². The number of aromatic nitrogens is 3. The number of amides is 1. The molecule has 2 heterocycles. The SMILES string of the molecule is Cc1cnn(C)c1C(=O)Nc1nc2c(s1)CCCC2. The molecular formula is C13H16N4OS. The fourth-order valence-electron chi connectivity index (χ4n) is 2.44. The molecule has 0 saturated carbocycles. The van der Waals surface area contributed by atoms with Crippen molar-refractivity contribution in [2.45, 2.75) is 32.6 Å². The monoisotopic (exact) mass is 276 g/mol. The lowest BCUT2D eigenvalue weighted by Crippen LogP contribution is -2.17. The number of anilines is 1. The fraction of sp³-hybridized carbons (Fsp3) is 0.462. The first-order valence-corrected chi connectivity index (χ1v) is 7.25. The molecule has 6 heteroatoms. The number of aryl methyl sites for hydroxylation is 4. The van der Waals surface area contributed by atoms with Crippen LogP contribution in [0.1, 0.15) is 39.5 Å². The molecular weight excluding hydrogens is 260 g/mol. The zero-order valence-corrected chi connectivity index (χ0v) is 11.9. The van der Waals surface area contributed by atoms with Crippen molar-refractivity contribution < 1.29 is 4.79 Å². The van der Waals surface area contributed by atoms with Crippen molar-refractivity contribution in [3.8, 4) is 0 Å². The van der Waals surface area contributed by atoms with Crippen LogP contribution in [-0.4, -0.2) is 20.7 Å². The molecule has 0 saturated heterocycles. The van der Waals surface area contributed by atoms with Gasteiger partial charge in [0.05, 0.1) is 11.9 Å². The lowest BCUT2D eigenvalue weighted by molar-refractivity contribution is 0.101. The summed E-state index contributed by atoms with van der Waals surface area (Å²) in [6.45, 7) is 1.88. The molecule has 5 nitrogen and oxygen atoms in total. The Morgan fingerprint density at radius 1 is 1.42 bits per heavy atom. The van der Waals surface area contributed by atoms with Crippen molar-refractivity contribution in [1.29, 1.82) is 0 Å². The number of hydrogen-bond acceptors (Lipinski definition) is 4. The minimum absolute atomic E-state index is 0.136. The number of carbonyl (C=O) groups is 1. The first-order chi connectivity index (χ1) is 9.15. The van der Waals surface area contributed by atoms with E-state index in [-0.39, 0.29) is 5.91 Å². The van der Waals surface area contributed by atoms with Crippen molar-refractivity contribution in [3.63, 3.8) is 0 Å². The van der Waals surface area contributed by atoms with Gasteiger partial charge >= 0.3 is 0 Å². The molecule has 1 N–H and O–H groups in total. The Kier molecular flexibility index (Phi) is 3.10. The van der Waals surface area contributed by atoms with Crippen LogP contribution in [0.3, 0.4) is 0 Å². The van der Waals surface area contributed by atoms with E-state index in [1.54, 1.807) is 29.3 Å². The Morgan fingerprint density at radius 3 is 2.89 bits per heavy atom. The van der Waals surface area contributed by atoms with E-state index in [2.05, 4.69) is 15.4 Å². The topological polar surface area (TPSA) is 59.8 Å². The lowest BCUT2D eigenvalue weighted by atomic mass is 10.0. The van der Waals surface area contributed by atoms with Crippen LogP contribution in [0.5, 0.6) is 0 Å². The zero-order chi connectivity index (χ0) is 13.4. The number of rotatable bonds is 2. The second kappa shape index (κ2) is 4.77. The summed E-state index contributed by atoms with van der Waals surface area (Å²) in [6, 6.07) is 0. The van der Waals surface area contributed by atoms with Gasteiger partial charge in [0.15, 0.2) is 5.13 Å². The van der Waals surface area contributed by atoms with Gasteiger partial charge in [-0.15, -0.1) is 11.3 Å². The summed E-state index contributed by atoms with van der Waals surface area (Å²) in [5, 5.41) is 7.68. The highest BCUT2D eigenvalue weighted by Gasteiger charge is 2.19. The summed E-state index contributed by atoms with van der Waals surface area (Å²) in [7, 11) is 1.77. The normalized spacial score (nSPS) is 14.2. The molecule has 1 amide bonds. The van der Waals surface area contributed by atoms with Gasteiger partial charge < -0.3 is 0 Å². The third-order valence-corrected chi connectivity index (χ3v) is 4.48. The summed E-state index contributed by atoms with van der Waals surface area (Å²) in [5.41, 5.74) is 2.63.